The van der Waals surface area contributed by atoms with Gasteiger partial charge in [0.1, 0.15) is 0 Å². The van der Waals surface area contributed by atoms with Gasteiger partial charge < -0.3 is 24.6 Å². The second-order valence-corrected chi connectivity index (χ2v) is 9.49. The van der Waals surface area contributed by atoms with E-state index in [9.17, 15) is 9.90 Å². The number of amides is 1. The van der Waals surface area contributed by atoms with Crippen LogP contribution in [0.4, 0.5) is 5.69 Å². The number of aryl methyl sites for hydroxylation is 1. The van der Waals surface area contributed by atoms with Gasteiger partial charge in [0, 0.05) is 24.2 Å². The van der Waals surface area contributed by atoms with Crippen molar-refractivity contribution < 1.29 is 24.1 Å². The van der Waals surface area contributed by atoms with E-state index in [1.54, 1.807) is 21.3 Å². The van der Waals surface area contributed by atoms with Crippen LogP contribution >= 0.6 is 0 Å². The van der Waals surface area contributed by atoms with Gasteiger partial charge in [0.2, 0.25) is 11.7 Å². The second-order valence-electron chi connectivity index (χ2n) is 9.49. The number of hydrogen-bond donors (Lipinski definition) is 2. The summed E-state index contributed by atoms with van der Waals surface area (Å²) in [5.41, 5.74) is 2.16. The Morgan fingerprint density at radius 1 is 1.06 bits per heavy atom. The Balaban J connectivity index is 1.67. The number of piperidine rings is 1. The Hall–Kier alpha value is -2.77. The molecule has 0 spiro atoms. The molecule has 2 aromatic carbocycles. The molecular formula is C27H36N2O5. The molecule has 184 valence electrons. The summed E-state index contributed by atoms with van der Waals surface area (Å²) >= 11 is 0. The lowest BCUT2D eigenvalue weighted by Crippen LogP contribution is -2.56. The van der Waals surface area contributed by atoms with Crippen molar-refractivity contribution in [1.29, 1.82) is 0 Å². The second kappa shape index (κ2) is 10.2. The third-order valence-electron chi connectivity index (χ3n) is 7.38. The summed E-state index contributed by atoms with van der Waals surface area (Å²) in [5.74, 6) is 1.64. The molecular weight excluding hydrogens is 432 g/mol. The third kappa shape index (κ3) is 4.86. The molecule has 2 aromatic rings. The monoisotopic (exact) mass is 468 g/mol. The number of aliphatic hydroxyl groups is 1. The number of benzene rings is 2. The predicted octanol–water partition coefficient (Wildman–Crippen LogP) is 4.33. The highest BCUT2D eigenvalue weighted by Gasteiger charge is 2.49. The molecule has 1 aliphatic heterocycles. The van der Waals surface area contributed by atoms with Gasteiger partial charge in [0.25, 0.3) is 0 Å². The number of carbonyl (C=O) groups excluding carboxylic acids is 1. The Morgan fingerprint density at radius 2 is 1.74 bits per heavy atom. The highest BCUT2D eigenvalue weighted by atomic mass is 16.5. The average molecular weight is 469 g/mol. The van der Waals surface area contributed by atoms with Crippen molar-refractivity contribution in [3.63, 3.8) is 0 Å². The van der Waals surface area contributed by atoms with Gasteiger partial charge in [-0.25, -0.2) is 0 Å². The summed E-state index contributed by atoms with van der Waals surface area (Å²) in [7, 11) is 4.79. The maximum Gasteiger partial charge on any atom is 0.238 e. The van der Waals surface area contributed by atoms with E-state index in [1.807, 2.05) is 43.3 Å². The predicted molar refractivity (Wildman–Crippen MR) is 132 cm³/mol. The molecule has 1 amide bonds. The molecule has 2 N–H and O–H groups in total. The lowest BCUT2D eigenvalue weighted by molar-refractivity contribution is -0.135. The summed E-state index contributed by atoms with van der Waals surface area (Å²) < 4.78 is 16.7. The number of rotatable bonds is 7. The van der Waals surface area contributed by atoms with Crippen molar-refractivity contribution >= 4 is 11.6 Å². The zero-order chi connectivity index (χ0) is 24.3. The lowest BCUT2D eigenvalue weighted by atomic mass is 9.66. The van der Waals surface area contributed by atoms with Gasteiger partial charge in [-0.3, -0.25) is 9.69 Å². The van der Waals surface area contributed by atoms with Crippen LogP contribution in [0.2, 0.25) is 0 Å². The number of fused-ring (bicyclic) bond motifs is 1. The molecule has 0 aromatic heterocycles. The number of nitrogens with one attached hydrogen (secondary N) is 1. The first-order valence-electron chi connectivity index (χ1n) is 12.0. The van der Waals surface area contributed by atoms with Crippen LogP contribution in [0.1, 0.15) is 49.3 Å². The average Bonchev–Trinajstić information content (AvgIpc) is 2.84. The fourth-order valence-corrected chi connectivity index (χ4v) is 5.66. The molecule has 1 aliphatic carbocycles. The highest BCUT2D eigenvalue weighted by molar-refractivity contribution is 5.92. The molecule has 7 heteroatoms. The molecule has 3 atom stereocenters. The van der Waals surface area contributed by atoms with Crippen LogP contribution < -0.4 is 19.5 Å². The normalized spacial score (nSPS) is 24.7. The smallest absolute Gasteiger partial charge is 0.238 e. The zero-order valence-corrected chi connectivity index (χ0v) is 20.6. The van der Waals surface area contributed by atoms with E-state index < -0.39 is 5.60 Å². The number of carbonyl (C=O) groups is 1. The molecule has 2 aliphatic rings. The Kier molecular flexibility index (Phi) is 7.33. The van der Waals surface area contributed by atoms with E-state index in [2.05, 4.69) is 10.2 Å². The van der Waals surface area contributed by atoms with E-state index in [-0.39, 0.29) is 24.4 Å². The summed E-state index contributed by atoms with van der Waals surface area (Å²) in [6.45, 7) is 2.89. The molecule has 4 rings (SSSR count). The van der Waals surface area contributed by atoms with E-state index >= 15 is 0 Å². The van der Waals surface area contributed by atoms with E-state index in [0.29, 0.717) is 30.2 Å². The molecule has 34 heavy (non-hydrogen) atoms. The van der Waals surface area contributed by atoms with E-state index in [1.165, 1.54) is 0 Å². The first kappa shape index (κ1) is 24.4. The number of ether oxygens (including phenoxy) is 3. The Bertz CT molecular complexity index is 984. The van der Waals surface area contributed by atoms with Gasteiger partial charge in [-0.15, -0.1) is 0 Å². The fraction of sp³-hybridized carbons (Fsp3) is 0.519. The Morgan fingerprint density at radius 3 is 2.35 bits per heavy atom. The maximum atomic E-state index is 13.0. The number of nitrogens with zero attached hydrogens (tertiary/aromatic N) is 1. The SMILES string of the molecule is COc1cc([C@H]2[C@@H]3CCCC[C@@]3(O)CCN2CC(=O)Nc2ccc(C)cc2)cc(OC)c1OC. The molecule has 0 radical (unpaired) electrons. The highest BCUT2D eigenvalue weighted by Crippen LogP contribution is 2.51. The molecule has 0 unspecified atom stereocenters. The van der Waals surface area contributed by atoms with Crippen LogP contribution in [0.3, 0.4) is 0 Å². The molecule has 0 bridgehead atoms. The van der Waals surface area contributed by atoms with Crippen LogP contribution in [0.25, 0.3) is 0 Å². The molecule has 1 saturated heterocycles. The summed E-state index contributed by atoms with van der Waals surface area (Å²) in [6.07, 6.45) is 4.46. The minimum Gasteiger partial charge on any atom is -0.493 e. The summed E-state index contributed by atoms with van der Waals surface area (Å²) in [6, 6.07) is 11.6. The van der Waals surface area contributed by atoms with Crippen molar-refractivity contribution in [3.8, 4) is 17.2 Å². The fourth-order valence-electron chi connectivity index (χ4n) is 5.66. The van der Waals surface area contributed by atoms with Gasteiger partial charge in [0.05, 0.1) is 33.5 Å². The van der Waals surface area contributed by atoms with Gasteiger partial charge in [-0.1, -0.05) is 30.5 Å². The first-order valence-corrected chi connectivity index (χ1v) is 12.0. The maximum absolute atomic E-state index is 13.0. The van der Waals surface area contributed by atoms with Gasteiger partial charge in [-0.05, 0) is 56.0 Å². The number of methoxy groups -OCH3 is 3. The number of anilines is 1. The molecule has 1 saturated carbocycles. The van der Waals surface area contributed by atoms with E-state index in [4.69, 9.17) is 14.2 Å². The van der Waals surface area contributed by atoms with Crippen molar-refractivity contribution in [2.24, 2.45) is 5.92 Å². The number of likely N-dealkylation sites (tertiary alicyclic amines) is 1. The minimum atomic E-state index is -0.729. The lowest BCUT2D eigenvalue weighted by Gasteiger charge is -2.52. The third-order valence-corrected chi connectivity index (χ3v) is 7.38. The Labute approximate surface area is 202 Å². The van der Waals surface area contributed by atoms with Crippen LogP contribution in [0, 0.1) is 12.8 Å². The quantitative estimate of drug-likeness (QED) is 0.630. The first-order chi connectivity index (χ1) is 16.4. The minimum absolute atomic E-state index is 0.0185. The number of hydrogen-bond acceptors (Lipinski definition) is 6. The van der Waals surface area contributed by atoms with E-state index in [0.717, 1.165) is 42.5 Å². The van der Waals surface area contributed by atoms with Crippen molar-refractivity contribution in [2.75, 3.05) is 39.7 Å². The van der Waals surface area contributed by atoms with Crippen LogP contribution in [0.5, 0.6) is 17.2 Å². The summed E-state index contributed by atoms with van der Waals surface area (Å²) in [5, 5.41) is 14.6. The molecule has 7 nitrogen and oxygen atoms in total. The molecule has 1 heterocycles. The van der Waals surface area contributed by atoms with Crippen LogP contribution in [0.15, 0.2) is 36.4 Å². The topological polar surface area (TPSA) is 80.3 Å². The van der Waals surface area contributed by atoms with Crippen molar-refractivity contribution in [1.82, 2.24) is 4.90 Å². The van der Waals surface area contributed by atoms with Gasteiger partial charge >= 0.3 is 0 Å². The molecule has 2 fully saturated rings. The van der Waals surface area contributed by atoms with Crippen molar-refractivity contribution in [3.05, 3.63) is 47.5 Å². The standard InChI is InChI=1S/C27H36N2O5/c1-18-8-10-20(11-9-18)28-24(30)17-29-14-13-27(31)12-6-5-7-21(27)25(29)19-15-22(32-2)26(34-4)23(16-19)33-3/h8-11,15-16,21,25,31H,5-7,12-14,17H2,1-4H3,(H,28,30)/t21-,25-,27+/m0/s1. The zero-order valence-electron chi connectivity index (χ0n) is 20.6. The van der Waals surface area contributed by atoms with Crippen molar-refractivity contribution in [2.45, 2.75) is 50.7 Å². The summed E-state index contributed by atoms with van der Waals surface area (Å²) in [4.78, 5) is 15.2. The van der Waals surface area contributed by atoms with Crippen LogP contribution in [-0.4, -0.2) is 55.9 Å². The largest absolute Gasteiger partial charge is 0.493 e. The van der Waals surface area contributed by atoms with Crippen LogP contribution in [-0.2, 0) is 4.79 Å². The van der Waals surface area contributed by atoms with Gasteiger partial charge in [-0.2, -0.15) is 0 Å². The van der Waals surface area contributed by atoms with Gasteiger partial charge in [0.15, 0.2) is 11.5 Å².